The fourth-order valence-corrected chi connectivity index (χ4v) is 5.58. The second-order valence-electron chi connectivity index (χ2n) is 8.42. The summed E-state index contributed by atoms with van der Waals surface area (Å²) < 4.78 is 29.1. The zero-order valence-electron chi connectivity index (χ0n) is 20.6. The lowest BCUT2D eigenvalue weighted by atomic mass is 10.1. The first kappa shape index (κ1) is 28.7. The molecule has 3 aromatic rings. The third kappa shape index (κ3) is 7.56. The van der Waals surface area contributed by atoms with E-state index in [4.69, 9.17) is 11.6 Å². The summed E-state index contributed by atoms with van der Waals surface area (Å²) in [7, 11) is -4.09. The van der Waals surface area contributed by atoms with E-state index in [1.165, 1.54) is 17.0 Å². The van der Waals surface area contributed by atoms with Gasteiger partial charge in [0.15, 0.2) is 0 Å². The Balaban J connectivity index is 2.00. The summed E-state index contributed by atoms with van der Waals surface area (Å²) >= 11 is 9.40. The number of hydrogen-bond donors (Lipinski definition) is 1. The predicted molar refractivity (Wildman–Crippen MR) is 150 cm³/mol. The topological polar surface area (TPSA) is 86.8 Å². The van der Waals surface area contributed by atoms with Gasteiger partial charge in [-0.2, -0.15) is 0 Å². The van der Waals surface area contributed by atoms with Crippen LogP contribution in [0.2, 0.25) is 5.02 Å². The van der Waals surface area contributed by atoms with Crippen LogP contribution in [0.4, 0.5) is 5.69 Å². The van der Waals surface area contributed by atoms with Gasteiger partial charge < -0.3 is 10.2 Å². The lowest BCUT2D eigenvalue weighted by molar-refractivity contribution is -0.139. The van der Waals surface area contributed by atoms with Crippen molar-refractivity contribution in [3.05, 3.63) is 93.9 Å². The van der Waals surface area contributed by atoms with Gasteiger partial charge in [0, 0.05) is 22.6 Å². The highest BCUT2D eigenvalue weighted by Gasteiger charge is 2.32. The number of rotatable bonds is 11. The van der Waals surface area contributed by atoms with Crippen molar-refractivity contribution in [2.75, 3.05) is 17.4 Å². The first-order valence-corrected chi connectivity index (χ1v) is 14.4. The Morgan fingerprint density at radius 3 is 2.30 bits per heavy atom. The van der Waals surface area contributed by atoms with Gasteiger partial charge in [-0.15, -0.1) is 0 Å². The van der Waals surface area contributed by atoms with Crippen molar-refractivity contribution in [2.24, 2.45) is 0 Å². The minimum absolute atomic E-state index is 0.0563. The highest BCUT2D eigenvalue weighted by Crippen LogP contribution is 2.27. The fraction of sp³-hybridized carbons (Fsp3) is 0.259. The SMILES string of the molecule is CCCNC(=O)[C@@H](C)N(Cc1ccc(Cl)cc1)C(=O)CN(c1cccc(Br)c1)S(=O)(=O)c1ccccc1. The molecule has 0 unspecified atom stereocenters. The van der Waals surface area contributed by atoms with E-state index in [1.807, 2.05) is 6.92 Å². The number of benzene rings is 3. The Morgan fingerprint density at radius 1 is 1.00 bits per heavy atom. The number of amides is 2. The predicted octanol–water partition coefficient (Wildman–Crippen LogP) is 5.24. The Bertz CT molecular complexity index is 1320. The molecule has 7 nitrogen and oxygen atoms in total. The summed E-state index contributed by atoms with van der Waals surface area (Å²) in [4.78, 5) is 28.1. The number of nitrogens with one attached hydrogen (secondary N) is 1. The summed E-state index contributed by atoms with van der Waals surface area (Å²) in [6.45, 7) is 3.65. The molecule has 2 amide bonds. The molecule has 3 aromatic carbocycles. The minimum Gasteiger partial charge on any atom is -0.354 e. The monoisotopic (exact) mass is 605 g/mol. The maximum Gasteiger partial charge on any atom is 0.264 e. The molecule has 0 saturated heterocycles. The second kappa shape index (κ2) is 13.1. The molecule has 1 N–H and O–H groups in total. The van der Waals surface area contributed by atoms with Gasteiger partial charge in [-0.25, -0.2) is 8.42 Å². The molecular formula is C27H29BrClN3O4S. The van der Waals surface area contributed by atoms with Crippen molar-refractivity contribution in [1.29, 1.82) is 0 Å². The quantitative estimate of drug-likeness (QED) is 0.323. The molecule has 0 heterocycles. The number of carbonyl (C=O) groups excluding carboxylic acids is 2. The van der Waals surface area contributed by atoms with Crippen LogP contribution in [0.15, 0.2) is 88.2 Å². The van der Waals surface area contributed by atoms with E-state index in [2.05, 4.69) is 21.2 Å². The number of carbonyl (C=O) groups is 2. The maximum absolute atomic E-state index is 13.8. The lowest BCUT2D eigenvalue weighted by Gasteiger charge is -2.32. The number of hydrogen-bond acceptors (Lipinski definition) is 4. The molecular weight excluding hydrogens is 578 g/mol. The van der Waals surface area contributed by atoms with E-state index >= 15 is 0 Å². The summed E-state index contributed by atoms with van der Waals surface area (Å²) in [5, 5.41) is 3.37. The molecule has 3 rings (SSSR count). The third-order valence-electron chi connectivity index (χ3n) is 5.69. The largest absolute Gasteiger partial charge is 0.354 e. The molecule has 196 valence electrons. The molecule has 0 spiro atoms. The molecule has 10 heteroatoms. The van der Waals surface area contributed by atoms with Gasteiger partial charge in [0.1, 0.15) is 12.6 Å². The van der Waals surface area contributed by atoms with E-state index in [-0.39, 0.29) is 17.3 Å². The highest BCUT2D eigenvalue weighted by atomic mass is 79.9. The van der Waals surface area contributed by atoms with Gasteiger partial charge in [0.05, 0.1) is 10.6 Å². The first-order chi connectivity index (χ1) is 17.6. The first-order valence-electron chi connectivity index (χ1n) is 11.8. The van der Waals surface area contributed by atoms with Crippen LogP contribution < -0.4 is 9.62 Å². The van der Waals surface area contributed by atoms with E-state index < -0.39 is 28.5 Å². The zero-order valence-corrected chi connectivity index (χ0v) is 23.8. The van der Waals surface area contributed by atoms with Crippen LogP contribution in [-0.4, -0.2) is 44.3 Å². The molecule has 0 aliphatic carbocycles. The average Bonchev–Trinajstić information content (AvgIpc) is 2.89. The molecule has 0 saturated carbocycles. The molecule has 1 atom stereocenters. The van der Waals surface area contributed by atoms with Gasteiger partial charge in [0.25, 0.3) is 10.0 Å². The number of anilines is 1. The normalized spacial score (nSPS) is 12.0. The molecule has 0 radical (unpaired) electrons. The number of halogens is 2. The van der Waals surface area contributed by atoms with Crippen LogP contribution in [0.1, 0.15) is 25.8 Å². The number of sulfonamides is 1. The van der Waals surface area contributed by atoms with E-state index in [9.17, 15) is 18.0 Å². The van der Waals surface area contributed by atoms with Crippen LogP contribution in [0, 0.1) is 0 Å². The van der Waals surface area contributed by atoms with Crippen LogP contribution >= 0.6 is 27.5 Å². The highest BCUT2D eigenvalue weighted by molar-refractivity contribution is 9.10. The van der Waals surface area contributed by atoms with Crippen molar-refractivity contribution in [1.82, 2.24) is 10.2 Å². The van der Waals surface area contributed by atoms with Crippen molar-refractivity contribution >= 4 is 55.1 Å². The van der Waals surface area contributed by atoms with Gasteiger partial charge in [-0.1, -0.05) is 70.9 Å². The fourth-order valence-electron chi connectivity index (χ4n) is 3.64. The summed E-state index contributed by atoms with van der Waals surface area (Å²) in [6, 6.07) is 20.8. The van der Waals surface area contributed by atoms with Crippen molar-refractivity contribution in [3.8, 4) is 0 Å². The van der Waals surface area contributed by atoms with E-state index in [0.29, 0.717) is 21.7 Å². The molecule has 37 heavy (non-hydrogen) atoms. The molecule has 0 aromatic heterocycles. The molecule has 0 aliphatic rings. The Morgan fingerprint density at radius 2 is 1.68 bits per heavy atom. The maximum atomic E-state index is 13.8. The Labute approximate surface area is 231 Å². The van der Waals surface area contributed by atoms with Crippen molar-refractivity contribution < 1.29 is 18.0 Å². The second-order valence-corrected chi connectivity index (χ2v) is 11.6. The molecule has 0 aliphatic heterocycles. The summed E-state index contributed by atoms with van der Waals surface area (Å²) in [5.74, 6) is -0.835. The molecule has 0 fully saturated rings. The van der Waals surface area contributed by atoms with Crippen molar-refractivity contribution in [2.45, 2.75) is 37.8 Å². The van der Waals surface area contributed by atoms with Gasteiger partial charge >= 0.3 is 0 Å². The zero-order chi connectivity index (χ0) is 27.0. The molecule has 0 bridgehead atoms. The van der Waals surface area contributed by atoms with Gasteiger partial charge in [0.2, 0.25) is 11.8 Å². The van der Waals surface area contributed by atoms with Crippen LogP contribution in [-0.2, 0) is 26.2 Å². The standard InChI is InChI=1S/C27H29BrClN3O4S/c1-3-16-30-27(34)20(2)31(18-21-12-14-23(29)15-13-21)26(33)19-32(24-9-7-8-22(28)17-24)37(35,36)25-10-5-4-6-11-25/h4-15,17,20H,3,16,18-19H2,1-2H3,(H,30,34)/t20-/m1/s1. The number of nitrogens with zero attached hydrogens (tertiary/aromatic N) is 2. The average molecular weight is 607 g/mol. The van der Waals surface area contributed by atoms with E-state index in [1.54, 1.807) is 73.7 Å². The van der Waals surface area contributed by atoms with Crippen LogP contribution in [0.3, 0.4) is 0 Å². The third-order valence-corrected chi connectivity index (χ3v) is 8.22. The van der Waals surface area contributed by atoms with E-state index in [0.717, 1.165) is 16.3 Å². The van der Waals surface area contributed by atoms with Gasteiger partial charge in [-0.3, -0.25) is 13.9 Å². The summed E-state index contributed by atoms with van der Waals surface area (Å²) in [5.41, 5.74) is 1.08. The van der Waals surface area contributed by atoms with Crippen LogP contribution in [0.25, 0.3) is 0 Å². The minimum atomic E-state index is -4.09. The summed E-state index contributed by atoms with van der Waals surface area (Å²) in [6.07, 6.45) is 0.746. The lowest BCUT2D eigenvalue weighted by Crippen LogP contribution is -2.51. The Kier molecular flexibility index (Phi) is 10.1. The van der Waals surface area contributed by atoms with Crippen molar-refractivity contribution in [3.63, 3.8) is 0 Å². The smallest absolute Gasteiger partial charge is 0.264 e. The Hall–Kier alpha value is -2.88. The van der Waals surface area contributed by atoms with Crippen LogP contribution in [0.5, 0.6) is 0 Å². The van der Waals surface area contributed by atoms with Gasteiger partial charge in [-0.05, 0) is 61.4 Å².